The van der Waals surface area contributed by atoms with Gasteiger partial charge in [0.15, 0.2) is 0 Å². The first-order valence-corrected chi connectivity index (χ1v) is 6.82. The van der Waals surface area contributed by atoms with Crippen LogP contribution in [-0.2, 0) is 4.74 Å². The van der Waals surface area contributed by atoms with Crippen LogP contribution in [0.4, 0.5) is 8.78 Å². The Bertz CT molecular complexity index is 444. The summed E-state index contributed by atoms with van der Waals surface area (Å²) < 4.78 is 34.1. The first-order valence-electron chi connectivity index (χ1n) is 6.00. The number of alkyl halides is 2. The molecule has 0 aromatic carbocycles. The number of amides is 1. The minimum absolute atomic E-state index is 0.0632. The van der Waals surface area contributed by atoms with Gasteiger partial charge in [0, 0.05) is 11.5 Å². The number of aryl methyl sites for hydroxylation is 1. The highest BCUT2D eigenvalue weighted by Crippen LogP contribution is 2.30. The first-order chi connectivity index (χ1) is 9.06. The maximum Gasteiger partial charge on any atom is 0.387 e. The molecule has 1 N–H and O–H groups in total. The Morgan fingerprint density at radius 1 is 1.63 bits per heavy atom. The Morgan fingerprint density at radius 2 is 2.42 bits per heavy atom. The van der Waals surface area contributed by atoms with Crippen molar-refractivity contribution in [3.05, 3.63) is 15.8 Å². The van der Waals surface area contributed by atoms with Crippen LogP contribution in [-0.4, -0.2) is 31.8 Å². The van der Waals surface area contributed by atoms with Crippen LogP contribution in [0.5, 0.6) is 5.75 Å². The van der Waals surface area contributed by atoms with Crippen LogP contribution < -0.4 is 10.1 Å². The molecule has 1 saturated heterocycles. The summed E-state index contributed by atoms with van der Waals surface area (Å²) >= 11 is 1.14. The number of hydrogen-bond donors (Lipinski definition) is 1. The molecule has 106 valence electrons. The van der Waals surface area contributed by atoms with Gasteiger partial charge in [-0.15, -0.1) is 11.3 Å². The average molecular weight is 291 g/mol. The van der Waals surface area contributed by atoms with Crippen molar-refractivity contribution in [2.75, 3.05) is 13.2 Å². The van der Waals surface area contributed by atoms with E-state index < -0.39 is 6.61 Å². The lowest BCUT2D eigenvalue weighted by Gasteiger charge is -2.22. The van der Waals surface area contributed by atoms with Crippen molar-refractivity contribution in [1.29, 1.82) is 0 Å². The standard InChI is InChI=1S/C12H15F2NO3S/c1-7-5-9(18-12(13)14)10(19-7)11(16)15-8-3-2-4-17-6-8/h5,8,12H,2-4,6H2,1H3,(H,15,16). The number of nitrogens with one attached hydrogen (secondary N) is 1. The van der Waals surface area contributed by atoms with Crippen molar-refractivity contribution < 1.29 is 23.0 Å². The van der Waals surface area contributed by atoms with Crippen LogP contribution in [0.15, 0.2) is 6.07 Å². The second-order valence-corrected chi connectivity index (χ2v) is 5.57. The number of ether oxygens (including phenoxy) is 2. The van der Waals surface area contributed by atoms with Gasteiger partial charge in [0.25, 0.3) is 5.91 Å². The van der Waals surface area contributed by atoms with E-state index in [1.165, 1.54) is 6.07 Å². The quantitative estimate of drug-likeness (QED) is 0.927. The van der Waals surface area contributed by atoms with E-state index >= 15 is 0 Å². The number of halogens is 2. The molecule has 1 unspecified atom stereocenters. The Kier molecular flexibility index (Phi) is 4.71. The molecular weight excluding hydrogens is 276 g/mol. The van der Waals surface area contributed by atoms with Crippen LogP contribution >= 0.6 is 11.3 Å². The Morgan fingerprint density at radius 3 is 3.05 bits per heavy atom. The van der Waals surface area contributed by atoms with E-state index in [1.54, 1.807) is 6.92 Å². The van der Waals surface area contributed by atoms with Crippen molar-refractivity contribution in [3.8, 4) is 5.75 Å². The third kappa shape index (κ3) is 3.87. The third-order valence-electron chi connectivity index (χ3n) is 2.74. The van der Waals surface area contributed by atoms with Crippen LogP contribution in [0.1, 0.15) is 27.4 Å². The van der Waals surface area contributed by atoms with E-state index in [0.29, 0.717) is 13.2 Å². The van der Waals surface area contributed by atoms with Gasteiger partial charge in [-0.25, -0.2) is 0 Å². The van der Waals surface area contributed by atoms with E-state index in [2.05, 4.69) is 10.1 Å². The summed E-state index contributed by atoms with van der Waals surface area (Å²) in [4.78, 5) is 13.0. The maximum absolute atomic E-state index is 12.3. The second kappa shape index (κ2) is 6.29. The van der Waals surface area contributed by atoms with Crippen LogP contribution in [0.3, 0.4) is 0 Å². The largest absolute Gasteiger partial charge is 0.433 e. The van der Waals surface area contributed by atoms with Crippen molar-refractivity contribution >= 4 is 17.2 Å². The zero-order valence-electron chi connectivity index (χ0n) is 10.4. The molecule has 1 aromatic rings. The SMILES string of the molecule is Cc1cc(OC(F)F)c(C(=O)NC2CCCOC2)s1. The number of rotatable bonds is 4. The van der Waals surface area contributed by atoms with Gasteiger partial charge in [-0.2, -0.15) is 8.78 Å². The molecular formula is C12H15F2NO3S. The first kappa shape index (κ1) is 14.2. The summed E-state index contributed by atoms with van der Waals surface area (Å²) in [5.41, 5.74) is 0. The predicted octanol–water partition coefficient (Wildman–Crippen LogP) is 2.57. The van der Waals surface area contributed by atoms with Gasteiger partial charge in [-0.1, -0.05) is 0 Å². The zero-order valence-corrected chi connectivity index (χ0v) is 11.3. The fourth-order valence-electron chi connectivity index (χ4n) is 1.94. The van der Waals surface area contributed by atoms with E-state index in [1.807, 2.05) is 0 Å². The summed E-state index contributed by atoms with van der Waals surface area (Å²) in [6.45, 7) is -0.0342. The minimum Gasteiger partial charge on any atom is -0.433 e. The second-order valence-electron chi connectivity index (χ2n) is 4.32. The molecule has 0 aliphatic carbocycles. The molecule has 1 atom stereocenters. The van der Waals surface area contributed by atoms with Crippen molar-refractivity contribution in [2.45, 2.75) is 32.4 Å². The van der Waals surface area contributed by atoms with Gasteiger partial charge < -0.3 is 14.8 Å². The molecule has 1 aromatic heterocycles. The molecule has 0 bridgehead atoms. The van der Waals surface area contributed by atoms with Crippen molar-refractivity contribution in [2.24, 2.45) is 0 Å². The zero-order chi connectivity index (χ0) is 13.8. The molecule has 1 fully saturated rings. The van der Waals surface area contributed by atoms with Crippen LogP contribution in [0.25, 0.3) is 0 Å². The molecule has 0 spiro atoms. The van der Waals surface area contributed by atoms with Gasteiger partial charge in [-0.05, 0) is 25.8 Å². The summed E-state index contributed by atoms with van der Waals surface area (Å²) in [6.07, 6.45) is 1.72. The highest BCUT2D eigenvalue weighted by Gasteiger charge is 2.22. The fraction of sp³-hybridized carbons (Fsp3) is 0.583. The monoisotopic (exact) mass is 291 g/mol. The van der Waals surface area contributed by atoms with Gasteiger partial charge in [0.1, 0.15) is 10.6 Å². The number of carbonyl (C=O) groups excluding carboxylic acids is 1. The fourth-order valence-corrected chi connectivity index (χ4v) is 2.79. The molecule has 0 saturated carbocycles. The highest BCUT2D eigenvalue weighted by molar-refractivity contribution is 7.14. The summed E-state index contributed by atoms with van der Waals surface area (Å²) in [7, 11) is 0. The van der Waals surface area contributed by atoms with Gasteiger partial charge in [0.05, 0.1) is 12.6 Å². The number of carbonyl (C=O) groups is 1. The molecule has 2 heterocycles. The maximum atomic E-state index is 12.3. The predicted molar refractivity (Wildman–Crippen MR) is 67.0 cm³/mol. The molecule has 19 heavy (non-hydrogen) atoms. The topological polar surface area (TPSA) is 47.6 Å². The van der Waals surface area contributed by atoms with E-state index in [9.17, 15) is 13.6 Å². The van der Waals surface area contributed by atoms with Gasteiger partial charge in [-0.3, -0.25) is 4.79 Å². The minimum atomic E-state index is -2.93. The smallest absolute Gasteiger partial charge is 0.387 e. The average Bonchev–Trinajstić information content (AvgIpc) is 2.70. The third-order valence-corrected chi connectivity index (χ3v) is 3.77. The molecule has 1 amide bonds. The Hall–Kier alpha value is -1.21. The Labute approximate surface area is 113 Å². The van der Waals surface area contributed by atoms with Gasteiger partial charge in [0.2, 0.25) is 0 Å². The molecule has 1 aliphatic heterocycles. The number of thiophene rings is 1. The van der Waals surface area contributed by atoms with Crippen LogP contribution in [0.2, 0.25) is 0 Å². The van der Waals surface area contributed by atoms with E-state index in [-0.39, 0.29) is 22.6 Å². The van der Waals surface area contributed by atoms with E-state index in [4.69, 9.17) is 4.74 Å². The highest BCUT2D eigenvalue weighted by atomic mass is 32.1. The molecule has 2 rings (SSSR count). The summed E-state index contributed by atoms with van der Waals surface area (Å²) in [5, 5.41) is 2.78. The van der Waals surface area contributed by atoms with Gasteiger partial charge >= 0.3 is 6.61 Å². The lowest BCUT2D eigenvalue weighted by molar-refractivity contribution is -0.0498. The summed E-state index contributed by atoms with van der Waals surface area (Å²) in [6, 6.07) is 1.38. The van der Waals surface area contributed by atoms with Crippen LogP contribution in [0, 0.1) is 6.92 Å². The molecule has 1 aliphatic rings. The molecule has 7 heteroatoms. The van der Waals surface area contributed by atoms with Crippen molar-refractivity contribution in [3.63, 3.8) is 0 Å². The molecule has 4 nitrogen and oxygen atoms in total. The summed E-state index contributed by atoms with van der Waals surface area (Å²) in [5.74, 6) is -0.448. The normalized spacial score (nSPS) is 19.5. The lowest BCUT2D eigenvalue weighted by atomic mass is 10.1. The number of hydrogen-bond acceptors (Lipinski definition) is 4. The van der Waals surface area contributed by atoms with E-state index in [0.717, 1.165) is 29.1 Å². The molecule has 0 radical (unpaired) electrons. The Balaban J connectivity index is 2.05. The lowest BCUT2D eigenvalue weighted by Crippen LogP contribution is -2.40. The van der Waals surface area contributed by atoms with Crippen molar-refractivity contribution in [1.82, 2.24) is 5.32 Å².